The maximum absolute atomic E-state index is 4.41. The van der Waals surface area contributed by atoms with Gasteiger partial charge in [-0.2, -0.15) is 0 Å². The molecule has 110 valence electrons. The summed E-state index contributed by atoms with van der Waals surface area (Å²) in [5.74, 6) is 0. The number of aromatic nitrogens is 2. The summed E-state index contributed by atoms with van der Waals surface area (Å²) in [5, 5.41) is 1.20. The van der Waals surface area contributed by atoms with E-state index in [2.05, 4.69) is 46.6 Å². The van der Waals surface area contributed by atoms with Crippen molar-refractivity contribution in [3.8, 4) is 0 Å². The van der Waals surface area contributed by atoms with Gasteiger partial charge in [-0.1, -0.05) is 30.7 Å². The second kappa shape index (κ2) is 6.27. The van der Waals surface area contributed by atoms with Gasteiger partial charge in [0.25, 0.3) is 0 Å². The fraction of sp³-hybridized carbons (Fsp3) is 0.389. The molecule has 0 aliphatic carbocycles. The molecule has 1 N–H and O–H groups in total. The minimum absolute atomic E-state index is 0.473. The number of nitrogens with one attached hydrogen (secondary N) is 1. The van der Waals surface area contributed by atoms with Crippen molar-refractivity contribution in [1.29, 1.82) is 0 Å². The highest BCUT2D eigenvalue weighted by molar-refractivity contribution is 5.76. The van der Waals surface area contributed by atoms with Crippen LogP contribution in [0, 0.1) is 0 Å². The normalized spacial score (nSPS) is 20.8. The van der Waals surface area contributed by atoms with Crippen LogP contribution in [0.4, 0.5) is 0 Å². The van der Waals surface area contributed by atoms with Crippen LogP contribution in [0.25, 0.3) is 11.0 Å². The maximum Gasteiger partial charge on any atom is 0.137 e. The minimum atomic E-state index is 0.473. The molecular formula is C18H23N3. The molecule has 1 aliphatic heterocycles. The van der Waals surface area contributed by atoms with Crippen molar-refractivity contribution in [1.82, 2.24) is 14.9 Å². The number of hydrogen-bond donors (Lipinski definition) is 1. The number of fused-ring (bicyclic) bond motifs is 1. The van der Waals surface area contributed by atoms with Gasteiger partial charge in [0, 0.05) is 23.8 Å². The van der Waals surface area contributed by atoms with Gasteiger partial charge < -0.3 is 4.98 Å². The largest absolute Gasteiger partial charge is 0.342 e. The SMILES string of the molecule is C=C/C=C(\C)CN1CCCCC1c1cc2cccnc2[nH]1. The molecule has 0 saturated carbocycles. The summed E-state index contributed by atoms with van der Waals surface area (Å²) in [7, 11) is 0. The van der Waals surface area contributed by atoms with Crippen molar-refractivity contribution >= 4 is 11.0 Å². The molecule has 0 spiro atoms. The van der Waals surface area contributed by atoms with E-state index in [0.29, 0.717) is 6.04 Å². The predicted molar refractivity (Wildman–Crippen MR) is 88.2 cm³/mol. The highest BCUT2D eigenvalue weighted by Gasteiger charge is 2.25. The average molecular weight is 281 g/mol. The molecule has 0 bridgehead atoms. The first-order valence-electron chi connectivity index (χ1n) is 7.74. The summed E-state index contributed by atoms with van der Waals surface area (Å²) in [6, 6.07) is 6.85. The lowest BCUT2D eigenvalue weighted by Gasteiger charge is -2.35. The molecule has 0 radical (unpaired) electrons. The van der Waals surface area contributed by atoms with Crippen LogP contribution in [0.3, 0.4) is 0 Å². The van der Waals surface area contributed by atoms with Gasteiger partial charge in [0.2, 0.25) is 0 Å². The Hall–Kier alpha value is -1.87. The fourth-order valence-corrected chi connectivity index (χ4v) is 3.27. The summed E-state index contributed by atoms with van der Waals surface area (Å²) >= 11 is 0. The number of piperidine rings is 1. The van der Waals surface area contributed by atoms with Gasteiger partial charge in [-0.05, 0) is 44.5 Å². The van der Waals surface area contributed by atoms with Gasteiger partial charge in [-0.25, -0.2) is 4.98 Å². The molecule has 2 aromatic rings. The lowest BCUT2D eigenvalue weighted by molar-refractivity contribution is 0.159. The Morgan fingerprint density at radius 2 is 2.43 bits per heavy atom. The average Bonchev–Trinajstić information content (AvgIpc) is 2.91. The monoisotopic (exact) mass is 281 g/mol. The Balaban J connectivity index is 1.86. The number of allylic oxidation sites excluding steroid dienone is 2. The molecule has 1 fully saturated rings. The van der Waals surface area contributed by atoms with E-state index in [1.54, 1.807) is 0 Å². The molecule has 1 aliphatic rings. The van der Waals surface area contributed by atoms with Gasteiger partial charge in [0.1, 0.15) is 5.65 Å². The van der Waals surface area contributed by atoms with E-state index in [4.69, 9.17) is 0 Å². The van der Waals surface area contributed by atoms with Gasteiger partial charge in [-0.15, -0.1) is 0 Å². The second-order valence-corrected chi connectivity index (χ2v) is 5.90. The number of hydrogen-bond acceptors (Lipinski definition) is 2. The topological polar surface area (TPSA) is 31.9 Å². The Labute approximate surface area is 126 Å². The smallest absolute Gasteiger partial charge is 0.137 e. The highest BCUT2D eigenvalue weighted by Crippen LogP contribution is 2.32. The number of aromatic amines is 1. The van der Waals surface area contributed by atoms with Crippen LogP contribution < -0.4 is 0 Å². The Bertz CT molecular complexity index is 620. The highest BCUT2D eigenvalue weighted by atomic mass is 15.2. The molecule has 0 amide bonds. The van der Waals surface area contributed by atoms with Gasteiger partial charge in [0.15, 0.2) is 0 Å². The summed E-state index contributed by atoms with van der Waals surface area (Å²) in [4.78, 5) is 10.5. The van der Waals surface area contributed by atoms with E-state index in [0.717, 1.165) is 18.7 Å². The summed E-state index contributed by atoms with van der Waals surface area (Å²) in [5.41, 5.74) is 3.66. The third-order valence-corrected chi connectivity index (χ3v) is 4.24. The van der Waals surface area contributed by atoms with E-state index in [1.807, 2.05) is 18.3 Å². The standard InChI is InChI=1S/C18H23N3/c1-3-7-14(2)13-21-11-5-4-9-17(21)16-12-15-8-6-10-19-18(15)20-16/h3,6-8,10,12,17H,1,4-5,9,11,13H2,2H3,(H,19,20)/b14-7+. The Kier molecular flexibility index (Phi) is 4.20. The van der Waals surface area contributed by atoms with Crippen molar-refractivity contribution in [2.75, 3.05) is 13.1 Å². The van der Waals surface area contributed by atoms with Crippen LogP contribution in [0.15, 0.2) is 48.7 Å². The first kappa shape index (κ1) is 14.1. The third kappa shape index (κ3) is 3.08. The van der Waals surface area contributed by atoms with Gasteiger partial charge in [-0.3, -0.25) is 4.90 Å². The van der Waals surface area contributed by atoms with Crippen molar-refractivity contribution in [3.63, 3.8) is 0 Å². The summed E-state index contributed by atoms with van der Waals surface area (Å²) in [6.45, 7) is 8.15. The lowest BCUT2D eigenvalue weighted by Crippen LogP contribution is -2.34. The van der Waals surface area contributed by atoms with E-state index in [1.165, 1.54) is 35.9 Å². The molecule has 3 heteroatoms. The first-order valence-corrected chi connectivity index (χ1v) is 7.74. The zero-order valence-electron chi connectivity index (χ0n) is 12.7. The lowest BCUT2D eigenvalue weighted by atomic mass is 9.98. The zero-order valence-corrected chi connectivity index (χ0v) is 12.7. The number of H-pyrrole nitrogens is 1. The summed E-state index contributed by atoms with van der Waals surface area (Å²) < 4.78 is 0. The molecule has 21 heavy (non-hydrogen) atoms. The second-order valence-electron chi connectivity index (χ2n) is 5.90. The number of rotatable bonds is 4. The predicted octanol–water partition coefficient (Wildman–Crippen LogP) is 4.22. The van der Waals surface area contributed by atoms with Crippen LogP contribution in [0.2, 0.25) is 0 Å². The van der Waals surface area contributed by atoms with Crippen molar-refractivity contribution in [2.24, 2.45) is 0 Å². The van der Waals surface area contributed by atoms with Crippen molar-refractivity contribution in [3.05, 3.63) is 54.4 Å². The number of nitrogens with zero attached hydrogens (tertiary/aromatic N) is 2. The van der Waals surface area contributed by atoms with Crippen molar-refractivity contribution in [2.45, 2.75) is 32.2 Å². The van der Waals surface area contributed by atoms with Gasteiger partial charge in [0.05, 0.1) is 6.04 Å². The Morgan fingerprint density at radius 3 is 3.24 bits per heavy atom. The first-order chi connectivity index (χ1) is 10.3. The van der Waals surface area contributed by atoms with Crippen LogP contribution in [-0.2, 0) is 0 Å². The van der Waals surface area contributed by atoms with E-state index in [-0.39, 0.29) is 0 Å². The van der Waals surface area contributed by atoms with Crippen LogP contribution >= 0.6 is 0 Å². The fourth-order valence-electron chi connectivity index (χ4n) is 3.27. The molecule has 3 rings (SSSR count). The van der Waals surface area contributed by atoms with E-state index < -0.39 is 0 Å². The van der Waals surface area contributed by atoms with Crippen molar-refractivity contribution < 1.29 is 0 Å². The van der Waals surface area contributed by atoms with E-state index in [9.17, 15) is 0 Å². The molecule has 3 heterocycles. The van der Waals surface area contributed by atoms with Crippen LogP contribution in [-0.4, -0.2) is 28.0 Å². The van der Waals surface area contributed by atoms with Gasteiger partial charge >= 0.3 is 0 Å². The quantitative estimate of drug-likeness (QED) is 0.851. The molecule has 2 aromatic heterocycles. The van der Waals surface area contributed by atoms with Crippen LogP contribution in [0.1, 0.15) is 37.9 Å². The molecule has 3 nitrogen and oxygen atoms in total. The summed E-state index contributed by atoms with van der Waals surface area (Å²) in [6.07, 6.45) is 9.64. The molecular weight excluding hydrogens is 258 g/mol. The van der Waals surface area contributed by atoms with Crippen LogP contribution in [0.5, 0.6) is 0 Å². The minimum Gasteiger partial charge on any atom is -0.342 e. The maximum atomic E-state index is 4.41. The molecule has 0 aromatic carbocycles. The van der Waals surface area contributed by atoms with E-state index >= 15 is 0 Å². The molecule has 1 saturated heterocycles. The zero-order chi connectivity index (χ0) is 14.7. The number of likely N-dealkylation sites (tertiary alicyclic amines) is 1. The Morgan fingerprint density at radius 1 is 1.52 bits per heavy atom. The number of pyridine rings is 1. The third-order valence-electron chi connectivity index (χ3n) is 4.24. The molecule has 1 atom stereocenters. The molecule has 1 unspecified atom stereocenters.